The number of carbonyl (C=O) groups is 1. The first-order chi connectivity index (χ1) is 12.8. The number of amides is 1. The number of hydrogen-bond acceptors (Lipinski definition) is 4. The minimum Gasteiger partial charge on any atom is -0.352 e. The zero-order chi connectivity index (χ0) is 17.9. The Labute approximate surface area is 155 Å². The fourth-order valence-corrected chi connectivity index (χ4v) is 4.17. The maximum absolute atomic E-state index is 13.0. The van der Waals surface area contributed by atoms with E-state index in [4.69, 9.17) is 0 Å². The standard InChI is InChI=1S/C21H26N4O/c1-2-18-9-5-6-11-25(18)21(26)19-13-20(23-15-22-19)24-12-10-16-7-3-4-8-17(16)14-24/h3-4,7-8,13,15,18H,2,5-6,9-12,14H2,1H3. The number of likely N-dealkylation sites (tertiary alicyclic amines) is 1. The fourth-order valence-electron chi connectivity index (χ4n) is 4.17. The molecule has 5 heteroatoms. The first-order valence-electron chi connectivity index (χ1n) is 9.71. The summed E-state index contributed by atoms with van der Waals surface area (Å²) < 4.78 is 0. The van der Waals surface area contributed by atoms with Crippen LogP contribution in [-0.4, -0.2) is 39.9 Å². The number of rotatable bonds is 3. The summed E-state index contributed by atoms with van der Waals surface area (Å²) in [6, 6.07) is 10.8. The Morgan fingerprint density at radius 2 is 2.00 bits per heavy atom. The molecule has 2 aliphatic heterocycles. The van der Waals surface area contributed by atoms with Crippen molar-refractivity contribution >= 4 is 11.7 Å². The van der Waals surface area contributed by atoms with E-state index in [0.717, 1.165) is 51.1 Å². The maximum atomic E-state index is 13.0. The summed E-state index contributed by atoms with van der Waals surface area (Å²) in [6.45, 7) is 4.76. The maximum Gasteiger partial charge on any atom is 0.272 e. The van der Waals surface area contributed by atoms with Crippen molar-refractivity contribution in [2.45, 2.75) is 51.6 Å². The number of carbonyl (C=O) groups excluding carboxylic acids is 1. The van der Waals surface area contributed by atoms with Crippen LogP contribution in [0.4, 0.5) is 5.82 Å². The Bertz CT molecular complexity index is 791. The lowest BCUT2D eigenvalue weighted by atomic mass is 9.99. The number of nitrogens with zero attached hydrogens (tertiary/aromatic N) is 4. The van der Waals surface area contributed by atoms with Crippen molar-refractivity contribution in [3.8, 4) is 0 Å². The van der Waals surface area contributed by atoms with E-state index >= 15 is 0 Å². The predicted octanol–water partition coefficient (Wildman–Crippen LogP) is 3.44. The zero-order valence-corrected chi connectivity index (χ0v) is 15.4. The quantitative estimate of drug-likeness (QED) is 0.851. The molecule has 0 spiro atoms. The molecule has 0 bridgehead atoms. The van der Waals surface area contributed by atoms with Gasteiger partial charge in [-0.15, -0.1) is 0 Å². The monoisotopic (exact) mass is 350 g/mol. The normalized spacial score (nSPS) is 20.0. The molecule has 2 aliphatic rings. The molecule has 1 unspecified atom stereocenters. The van der Waals surface area contributed by atoms with Gasteiger partial charge in [-0.1, -0.05) is 31.2 Å². The van der Waals surface area contributed by atoms with E-state index in [-0.39, 0.29) is 5.91 Å². The van der Waals surface area contributed by atoms with Crippen molar-refractivity contribution in [1.29, 1.82) is 0 Å². The summed E-state index contributed by atoms with van der Waals surface area (Å²) >= 11 is 0. The highest BCUT2D eigenvalue weighted by atomic mass is 16.2. The van der Waals surface area contributed by atoms with Crippen LogP contribution < -0.4 is 4.90 Å². The number of fused-ring (bicyclic) bond motifs is 1. The first-order valence-corrected chi connectivity index (χ1v) is 9.71. The molecule has 2 aromatic rings. The highest BCUT2D eigenvalue weighted by Gasteiger charge is 2.27. The van der Waals surface area contributed by atoms with Gasteiger partial charge in [0.05, 0.1) is 0 Å². The fraction of sp³-hybridized carbons (Fsp3) is 0.476. The molecule has 0 radical (unpaired) electrons. The lowest BCUT2D eigenvalue weighted by Gasteiger charge is -2.35. The SMILES string of the molecule is CCC1CCCCN1C(=O)c1cc(N2CCc3ccccc3C2)ncn1. The van der Waals surface area contributed by atoms with E-state index in [2.05, 4.69) is 46.1 Å². The molecule has 26 heavy (non-hydrogen) atoms. The predicted molar refractivity (Wildman–Crippen MR) is 102 cm³/mol. The van der Waals surface area contributed by atoms with Gasteiger partial charge in [0, 0.05) is 31.7 Å². The number of benzene rings is 1. The highest BCUT2D eigenvalue weighted by molar-refractivity contribution is 5.93. The van der Waals surface area contributed by atoms with Gasteiger partial charge in [0.25, 0.3) is 5.91 Å². The van der Waals surface area contributed by atoms with Crippen LogP contribution in [0.1, 0.15) is 54.2 Å². The zero-order valence-electron chi connectivity index (χ0n) is 15.4. The Morgan fingerprint density at radius 3 is 2.85 bits per heavy atom. The van der Waals surface area contributed by atoms with Crippen LogP contribution in [0.15, 0.2) is 36.7 Å². The van der Waals surface area contributed by atoms with Crippen molar-refractivity contribution in [2.24, 2.45) is 0 Å². The van der Waals surface area contributed by atoms with Crippen LogP contribution in [0.25, 0.3) is 0 Å². The molecule has 0 aliphatic carbocycles. The van der Waals surface area contributed by atoms with Gasteiger partial charge in [-0.3, -0.25) is 4.79 Å². The van der Waals surface area contributed by atoms with Gasteiger partial charge in [0.15, 0.2) is 0 Å². The average molecular weight is 350 g/mol. The molecule has 3 heterocycles. The van der Waals surface area contributed by atoms with E-state index in [1.165, 1.54) is 23.9 Å². The minimum atomic E-state index is 0.0533. The van der Waals surface area contributed by atoms with Crippen LogP contribution in [0, 0.1) is 0 Å². The second-order valence-corrected chi connectivity index (χ2v) is 7.26. The molecule has 1 aromatic carbocycles. The molecule has 1 fully saturated rings. The molecule has 0 saturated carbocycles. The lowest BCUT2D eigenvalue weighted by molar-refractivity contribution is 0.0602. The van der Waals surface area contributed by atoms with Gasteiger partial charge < -0.3 is 9.80 Å². The second-order valence-electron chi connectivity index (χ2n) is 7.26. The topological polar surface area (TPSA) is 49.3 Å². The summed E-state index contributed by atoms with van der Waals surface area (Å²) in [7, 11) is 0. The Balaban J connectivity index is 1.54. The van der Waals surface area contributed by atoms with Gasteiger partial charge >= 0.3 is 0 Å². The van der Waals surface area contributed by atoms with Gasteiger partial charge in [-0.25, -0.2) is 9.97 Å². The molecular formula is C21H26N4O. The third kappa shape index (κ3) is 3.30. The second kappa shape index (κ2) is 7.44. The Morgan fingerprint density at radius 1 is 1.15 bits per heavy atom. The van der Waals surface area contributed by atoms with Crippen LogP contribution in [-0.2, 0) is 13.0 Å². The third-order valence-corrected chi connectivity index (χ3v) is 5.69. The van der Waals surface area contributed by atoms with Crippen molar-refractivity contribution in [1.82, 2.24) is 14.9 Å². The van der Waals surface area contributed by atoms with Crippen molar-refractivity contribution in [2.75, 3.05) is 18.0 Å². The number of anilines is 1. The van der Waals surface area contributed by atoms with E-state index in [1.54, 1.807) is 0 Å². The summed E-state index contributed by atoms with van der Waals surface area (Å²) in [6.07, 6.45) is 6.95. The molecule has 136 valence electrons. The van der Waals surface area contributed by atoms with Gasteiger partial charge in [-0.05, 0) is 43.2 Å². The molecule has 1 amide bonds. The van der Waals surface area contributed by atoms with Crippen molar-refractivity contribution < 1.29 is 4.79 Å². The van der Waals surface area contributed by atoms with Gasteiger partial charge in [-0.2, -0.15) is 0 Å². The van der Waals surface area contributed by atoms with Crippen molar-refractivity contribution in [3.63, 3.8) is 0 Å². The molecule has 1 saturated heterocycles. The van der Waals surface area contributed by atoms with E-state index in [1.807, 2.05) is 11.0 Å². The van der Waals surface area contributed by atoms with E-state index in [0.29, 0.717) is 11.7 Å². The summed E-state index contributed by atoms with van der Waals surface area (Å²) in [5.41, 5.74) is 3.27. The van der Waals surface area contributed by atoms with Crippen molar-refractivity contribution in [3.05, 3.63) is 53.5 Å². The third-order valence-electron chi connectivity index (χ3n) is 5.69. The van der Waals surface area contributed by atoms with Crippen LogP contribution in [0.3, 0.4) is 0 Å². The lowest BCUT2D eigenvalue weighted by Crippen LogP contribution is -2.43. The number of piperidine rings is 1. The van der Waals surface area contributed by atoms with E-state index < -0.39 is 0 Å². The molecule has 5 nitrogen and oxygen atoms in total. The first kappa shape index (κ1) is 17.0. The van der Waals surface area contributed by atoms with Gasteiger partial charge in [0.2, 0.25) is 0 Å². The molecule has 1 aromatic heterocycles. The Kier molecular flexibility index (Phi) is 4.87. The van der Waals surface area contributed by atoms with Crippen LogP contribution >= 0.6 is 0 Å². The highest BCUT2D eigenvalue weighted by Crippen LogP contribution is 2.25. The molecule has 4 rings (SSSR count). The molecule has 1 atom stereocenters. The number of aromatic nitrogens is 2. The smallest absolute Gasteiger partial charge is 0.272 e. The largest absolute Gasteiger partial charge is 0.352 e. The van der Waals surface area contributed by atoms with Crippen LogP contribution in [0.2, 0.25) is 0 Å². The van der Waals surface area contributed by atoms with E-state index in [9.17, 15) is 4.79 Å². The number of hydrogen-bond donors (Lipinski definition) is 0. The van der Waals surface area contributed by atoms with Crippen LogP contribution in [0.5, 0.6) is 0 Å². The molecular weight excluding hydrogens is 324 g/mol. The average Bonchev–Trinajstić information content (AvgIpc) is 2.73. The summed E-state index contributed by atoms with van der Waals surface area (Å²) in [5.74, 6) is 0.903. The Hall–Kier alpha value is -2.43. The summed E-state index contributed by atoms with van der Waals surface area (Å²) in [5, 5.41) is 0. The molecule has 0 N–H and O–H groups in total. The van der Waals surface area contributed by atoms with Gasteiger partial charge in [0.1, 0.15) is 17.8 Å². The summed E-state index contributed by atoms with van der Waals surface area (Å²) in [4.78, 5) is 26.0. The minimum absolute atomic E-state index is 0.0533.